The van der Waals surface area contributed by atoms with Gasteiger partial charge in [-0.1, -0.05) is 111 Å². The SMILES string of the molecule is CC1(C)c2ccccc2-c2ccc(N(c3ccc(-c4ccccc4)cc3)c3ccc4cc5c(cc4c3)oc3ccccc35)cc21. The van der Waals surface area contributed by atoms with Gasteiger partial charge in [0.15, 0.2) is 0 Å². The van der Waals surface area contributed by atoms with Crippen LogP contribution < -0.4 is 4.90 Å². The fourth-order valence-electron chi connectivity index (χ4n) is 7.31. The van der Waals surface area contributed by atoms with E-state index in [9.17, 15) is 0 Å². The van der Waals surface area contributed by atoms with Gasteiger partial charge in [0.2, 0.25) is 0 Å². The van der Waals surface area contributed by atoms with Gasteiger partial charge in [-0.25, -0.2) is 0 Å². The lowest BCUT2D eigenvalue weighted by atomic mass is 9.82. The van der Waals surface area contributed by atoms with E-state index in [2.05, 4.69) is 158 Å². The highest BCUT2D eigenvalue weighted by Gasteiger charge is 2.35. The third-order valence-electron chi connectivity index (χ3n) is 9.64. The number of hydrogen-bond donors (Lipinski definition) is 0. The molecule has 1 aliphatic rings. The maximum atomic E-state index is 6.28. The molecule has 0 radical (unpaired) electrons. The van der Waals surface area contributed by atoms with Crippen molar-refractivity contribution >= 4 is 49.8 Å². The number of benzene rings is 7. The first-order valence-electron chi connectivity index (χ1n) is 15.6. The van der Waals surface area contributed by atoms with E-state index in [4.69, 9.17) is 4.42 Å². The summed E-state index contributed by atoms with van der Waals surface area (Å²) in [5, 5.41) is 4.65. The van der Waals surface area contributed by atoms with Gasteiger partial charge >= 0.3 is 0 Å². The molecule has 1 aromatic heterocycles. The van der Waals surface area contributed by atoms with Crippen LogP contribution in [-0.2, 0) is 5.41 Å². The summed E-state index contributed by atoms with van der Waals surface area (Å²) in [6, 6.07) is 54.8. The van der Waals surface area contributed by atoms with Crippen molar-refractivity contribution in [2.75, 3.05) is 4.90 Å². The highest BCUT2D eigenvalue weighted by Crippen LogP contribution is 2.50. The maximum Gasteiger partial charge on any atom is 0.136 e. The molecule has 214 valence electrons. The van der Waals surface area contributed by atoms with Crippen LogP contribution >= 0.6 is 0 Å². The Kier molecular flexibility index (Phi) is 5.58. The summed E-state index contributed by atoms with van der Waals surface area (Å²) in [6.07, 6.45) is 0. The number of fused-ring (bicyclic) bond motifs is 7. The van der Waals surface area contributed by atoms with Gasteiger partial charge in [0.25, 0.3) is 0 Å². The molecule has 0 bridgehead atoms. The second-order valence-electron chi connectivity index (χ2n) is 12.6. The lowest BCUT2D eigenvalue weighted by Gasteiger charge is -2.28. The third-order valence-corrected chi connectivity index (χ3v) is 9.64. The van der Waals surface area contributed by atoms with E-state index in [1.165, 1.54) is 38.8 Å². The molecule has 0 saturated carbocycles. The lowest BCUT2D eigenvalue weighted by Crippen LogP contribution is -2.16. The summed E-state index contributed by atoms with van der Waals surface area (Å²) in [7, 11) is 0. The minimum atomic E-state index is -0.0823. The number of nitrogens with zero attached hydrogens (tertiary/aromatic N) is 1. The van der Waals surface area contributed by atoms with Gasteiger partial charge in [0.05, 0.1) is 0 Å². The van der Waals surface area contributed by atoms with Crippen LogP contribution in [0.25, 0.3) is 55.0 Å². The Bertz CT molecular complexity index is 2400. The second-order valence-corrected chi connectivity index (χ2v) is 12.6. The molecule has 45 heavy (non-hydrogen) atoms. The molecule has 0 aliphatic heterocycles. The number of furan rings is 1. The average molecular weight is 578 g/mol. The molecule has 0 unspecified atom stereocenters. The molecule has 0 atom stereocenters. The largest absolute Gasteiger partial charge is 0.456 e. The fourth-order valence-corrected chi connectivity index (χ4v) is 7.31. The van der Waals surface area contributed by atoms with E-state index < -0.39 is 0 Å². The molecule has 8 aromatic rings. The topological polar surface area (TPSA) is 16.4 Å². The zero-order chi connectivity index (χ0) is 30.1. The normalized spacial score (nSPS) is 13.3. The Morgan fingerprint density at radius 1 is 0.444 bits per heavy atom. The van der Waals surface area contributed by atoms with Gasteiger partial charge in [-0.3, -0.25) is 0 Å². The molecule has 0 fully saturated rings. The van der Waals surface area contributed by atoms with Crippen LogP contribution in [0.3, 0.4) is 0 Å². The molecular formula is C43H31NO. The summed E-state index contributed by atoms with van der Waals surface area (Å²) in [5.41, 5.74) is 12.9. The summed E-state index contributed by atoms with van der Waals surface area (Å²) in [5.74, 6) is 0. The van der Waals surface area contributed by atoms with Crippen molar-refractivity contribution in [3.63, 3.8) is 0 Å². The number of hydrogen-bond acceptors (Lipinski definition) is 2. The molecule has 1 aliphatic carbocycles. The van der Waals surface area contributed by atoms with E-state index in [0.29, 0.717) is 0 Å². The highest BCUT2D eigenvalue weighted by molar-refractivity contribution is 6.10. The molecule has 0 spiro atoms. The van der Waals surface area contributed by atoms with Crippen LogP contribution in [0.1, 0.15) is 25.0 Å². The van der Waals surface area contributed by atoms with E-state index in [1.54, 1.807) is 0 Å². The molecule has 0 saturated heterocycles. The lowest BCUT2D eigenvalue weighted by molar-refractivity contribution is 0.660. The van der Waals surface area contributed by atoms with Gasteiger partial charge in [-0.15, -0.1) is 0 Å². The minimum Gasteiger partial charge on any atom is -0.456 e. The molecule has 2 nitrogen and oxygen atoms in total. The Hall–Kier alpha value is -5.60. The van der Waals surface area contributed by atoms with Crippen LogP contribution in [0.5, 0.6) is 0 Å². The summed E-state index contributed by atoms with van der Waals surface area (Å²) >= 11 is 0. The monoisotopic (exact) mass is 577 g/mol. The maximum absolute atomic E-state index is 6.28. The Morgan fingerprint density at radius 3 is 1.98 bits per heavy atom. The number of para-hydroxylation sites is 1. The van der Waals surface area contributed by atoms with Crippen molar-refractivity contribution in [2.24, 2.45) is 0 Å². The molecule has 0 N–H and O–H groups in total. The van der Waals surface area contributed by atoms with Gasteiger partial charge < -0.3 is 9.32 Å². The van der Waals surface area contributed by atoms with Crippen LogP contribution in [0.15, 0.2) is 156 Å². The predicted molar refractivity (Wildman–Crippen MR) is 189 cm³/mol. The van der Waals surface area contributed by atoms with E-state index in [1.807, 2.05) is 12.1 Å². The first kappa shape index (κ1) is 25.9. The van der Waals surface area contributed by atoms with Crippen LogP contribution in [0.2, 0.25) is 0 Å². The Balaban J connectivity index is 1.22. The predicted octanol–water partition coefficient (Wildman–Crippen LogP) is 12.2. The molecule has 2 heteroatoms. The van der Waals surface area contributed by atoms with Crippen molar-refractivity contribution in [3.05, 3.63) is 163 Å². The van der Waals surface area contributed by atoms with E-state index in [-0.39, 0.29) is 5.41 Å². The van der Waals surface area contributed by atoms with Crippen LogP contribution in [-0.4, -0.2) is 0 Å². The summed E-state index contributed by atoms with van der Waals surface area (Å²) in [6.45, 7) is 4.68. The van der Waals surface area contributed by atoms with Crippen LogP contribution in [0, 0.1) is 0 Å². The van der Waals surface area contributed by atoms with Crippen molar-refractivity contribution < 1.29 is 4.42 Å². The van der Waals surface area contributed by atoms with Gasteiger partial charge in [0, 0.05) is 33.2 Å². The van der Waals surface area contributed by atoms with E-state index in [0.717, 1.165) is 44.4 Å². The van der Waals surface area contributed by atoms with Crippen molar-refractivity contribution in [2.45, 2.75) is 19.3 Å². The molecule has 9 rings (SSSR count). The van der Waals surface area contributed by atoms with Crippen LogP contribution in [0.4, 0.5) is 17.1 Å². The smallest absolute Gasteiger partial charge is 0.136 e. The van der Waals surface area contributed by atoms with Gasteiger partial charge in [-0.2, -0.15) is 0 Å². The first-order chi connectivity index (χ1) is 22.0. The van der Waals surface area contributed by atoms with Gasteiger partial charge in [0.1, 0.15) is 11.2 Å². The zero-order valence-electron chi connectivity index (χ0n) is 25.3. The highest BCUT2D eigenvalue weighted by atomic mass is 16.3. The Labute approximate surface area is 262 Å². The summed E-state index contributed by atoms with van der Waals surface area (Å²) in [4.78, 5) is 2.39. The second kappa shape index (κ2) is 9.70. The Morgan fingerprint density at radius 2 is 1.11 bits per heavy atom. The van der Waals surface area contributed by atoms with Gasteiger partial charge in [-0.05, 0) is 98.8 Å². The van der Waals surface area contributed by atoms with Crippen molar-refractivity contribution in [3.8, 4) is 22.3 Å². The third kappa shape index (κ3) is 4.03. The van der Waals surface area contributed by atoms with E-state index >= 15 is 0 Å². The molecule has 0 amide bonds. The molecular weight excluding hydrogens is 546 g/mol. The zero-order valence-corrected chi connectivity index (χ0v) is 25.3. The average Bonchev–Trinajstić information content (AvgIpc) is 3.56. The number of anilines is 3. The first-order valence-corrected chi connectivity index (χ1v) is 15.6. The standard InChI is InChI=1S/C43H31NO/c1-43(2)39-14-8-6-12-35(39)36-23-22-34(27-40(36)43)44(32-19-16-29(17-20-32)28-10-4-3-5-11-28)33-21-18-30-25-38-37-13-7-9-15-41(37)45-42(38)26-31(30)24-33/h3-27H,1-2H3. The minimum absolute atomic E-state index is 0.0823. The molecule has 1 heterocycles. The molecule has 7 aromatic carbocycles. The fraction of sp³-hybridized carbons (Fsp3) is 0.0698. The summed E-state index contributed by atoms with van der Waals surface area (Å²) < 4.78 is 6.28. The quantitative estimate of drug-likeness (QED) is 0.207. The van der Waals surface area contributed by atoms with Crippen molar-refractivity contribution in [1.29, 1.82) is 0 Å². The van der Waals surface area contributed by atoms with Crippen molar-refractivity contribution in [1.82, 2.24) is 0 Å². The number of rotatable bonds is 4.